The first kappa shape index (κ1) is 11.0. The number of aromatic nitrogens is 1. The van der Waals surface area contributed by atoms with Gasteiger partial charge in [0.2, 0.25) is 0 Å². The van der Waals surface area contributed by atoms with Crippen LogP contribution in [-0.2, 0) is 11.2 Å². The zero-order chi connectivity index (χ0) is 11.7. The predicted molar refractivity (Wildman–Crippen MR) is 63.9 cm³/mol. The number of benzene rings is 1. The second-order valence-corrected chi connectivity index (χ2v) is 4.27. The molecule has 16 heavy (non-hydrogen) atoms. The Hall–Kier alpha value is -1.49. The van der Waals surface area contributed by atoms with E-state index in [0.717, 1.165) is 20.9 Å². The number of fused-ring (bicyclic) bond motifs is 1. The Morgan fingerprint density at radius 3 is 2.94 bits per heavy atom. The van der Waals surface area contributed by atoms with Crippen LogP contribution in [0, 0.1) is 0 Å². The van der Waals surface area contributed by atoms with Crippen molar-refractivity contribution in [3.8, 4) is 5.75 Å². The van der Waals surface area contributed by atoms with Gasteiger partial charge in [0.05, 0.1) is 18.0 Å². The number of aromatic amines is 1. The molecule has 0 aliphatic rings. The van der Waals surface area contributed by atoms with Crippen LogP contribution in [0.25, 0.3) is 10.9 Å². The third-order valence-corrected chi connectivity index (χ3v) is 3.00. The monoisotopic (exact) mass is 283 g/mol. The molecule has 1 aromatic carbocycles. The lowest BCUT2D eigenvalue weighted by molar-refractivity contribution is -0.136. The molecule has 0 atom stereocenters. The van der Waals surface area contributed by atoms with Gasteiger partial charge >= 0.3 is 5.97 Å². The van der Waals surface area contributed by atoms with Crippen LogP contribution < -0.4 is 4.74 Å². The van der Waals surface area contributed by atoms with Gasteiger partial charge in [-0.2, -0.15) is 0 Å². The lowest BCUT2D eigenvalue weighted by atomic mass is 10.1. The molecule has 2 N–H and O–H groups in total. The number of methoxy groups -OCH3 is 1. The zero-order valence-electron chi connectivity index (χ0n) is 8.58. The number of carboxylic acid groups (broad SMARTS) is 1. The Balaban J connectivity index is 2.57. The number of halogens is 1. The summed E-state index contributed by atoms with van der Waals surface area (Å²) < 4.78 is 6.01. The van der Waals surface area contributed by atoms with Gasteiger partial charge in [0.25, 0.3) is 0 Å². The van der Waals surface area contributed by atoms with E-state index in [0.29, 0.717) is 5.75 Å². The summed E-state index contributed by atoms with van der Waals surface area (Å²) in [6.07, 6.45) is 1.72. The maximum atomic E-state index is 10.7. The summed E-state index contributed by atoms with van der Waals surface area (Å²) in [6, 6.07) is 3.70. The summed E-state index contributed by atoms with van der Waals surface area (Å²) in [5.74, 6) is -0.151. The molecule has 2 aromatic rings. The van der Waals surface area contributed by atoms with E-state index in [1.165, 1.54) is 0 Å². The SMILES string of the molecule is COc1cc2c(CC(=O)O)c[nH]c2cc1Br. The van der Waals surface area contributed by atoms with E-state index in [2.05, 4.69) is 20.9 Å². The second kappa shape index (κ2) is 4.17. The molecule has 0 amide bonds. The normalized spacial score (nSPS) is 10.6. The molecule has 2 rings (SSSR count). The molecule has 4 nitrogen and oxygen atoms in total. The highest BCUT2D eigenvalue weighted by Crippen LogP contribution is 2.31. The van der Waals surface area contributed by atoms with Gasteiger partial charge in [-0.1, -0.05) is 0 Å². The number of nitrogens with one attached hydrogen (secondary N) is 1. The Kier molecular flexibility index (Phi) is 2.87. The average molecular weight is 284 g/mol. The van der Waals surface area contributed by atoms with Crippen LogP contribution in [0.1, 0.15) is 5.56 Å². The number of H-pyrrole nitrogens is 1. The van der Waals surface area contributed by atoms with Gasteiger partial charge < -0.3 is 14.8 Å². The van der Waals surface area contributed by atoms with E-state index < -0.39 is 5.97 Å². The van der Waals surface area contributed by atoms with Gasteiger partial charge in [0.15, 0.2) is 0 Å². The largest absolute Gasteiger partial charge is 0.496 e. The molecule has 1 aromatic heterocycles. The van der Waals surface area contributed by atoms with E-state index in [9.17, 15) is 4.79 Å². The van der Waals surface area contributed by atoms with Crippen LogP contribution in [0.3, 0.4) is 0 Å². The summed E-state index contributed by atoms with van der Waals surface area (Å²) in [7, 11) is 1.58. The van der Waals surface area contributed by atoms with Gasteiger partial charge in [-0.3, -0.25) is 4.79 Å². The molecule has 0 aliphatic carbocycles. The maximum Gasteiger partial charge on any atom is 0.307 e. The number of carboxylic acids is 1. The summed E-state index contributed by atoms with van der Waals surface area (Å²) in [5, 5.41) is 9.65. The number of hydrogen-bond acceptors (Lipinski definition) is 2. The minimum Gasteiger partial charge on any atom is -0.496 e. The predicted octanol–water partition coefficient (Wildman–Crippen LogP) is 2.57. The van der Waals surface area contributed by atoms with Crippen LogP contribution in [0.5, 0.6) is 5.75 Å². The molecule has 0 spiro atoms. The van der Waals surface area contributed by atoms with Crippen molar-refractivity contribution in [3.05, 3.63) is 28.4 Å². The quantitative estimate of drug-likeness (QED) is 0.910. The van der Waals surface area contributed by atoms with Gasteiger partial charge in [0, 0.05) is 17.1 Å². The molecule has 0 bridgehead atoms. The molecule has 0 radical (unpaired) electrons. The number of ether oxygens (including phenoxy) is 1. The van der Waals surface area contributed by atoms with E-state index in [-0.39, 0.29) is 6.42 Å². The zero-order valence-corrected chi connectivity index (χ0v) is 10.2. The van der Waals surface area contributed by atoms with Crippen LogP contribution in [0.15, 0.2) is 22.8 Å². The Bertz CT molecular complexity index is 547. The highest BCUT2D eigenvalue weighted by atomic mass is 79.9. The highest BCUT2D eigenvalue weighted by molar-refractivity contribution is 9.10. The third-order valence-electron chi connectivity index (χ3n) is 2.38. The van der Waals surface area contributed by atoms with Crippen molar-refractivity contribution in [2.24, 2.45) is 0 Å². The lowest BCUT2D eigenvalue weighted by Gasteiger charge is -2.03. The van der Waals surface area contributed by atoms with E-state index >= 15 is 0 Å². The van der Waals surface area contributed by atoms with E-state index in [1.807, 2.05) is 12.1 Å². The van der Waals surface area contributed by atoms with Crippen molar-refractivity contribution in [1.29, 1.82) is 0 Å². The topological polar surface area (TPSA) is 62.3 Å². The second-order valence-electron chi connectivity index (χ2n) is 3.42. The molecule has 0 aliphatic heterocycles. The summed E-state index contributed by atoms with van der Waals surface area (Å²) in [6.45, 7) is 0. The molecular formula is C11H10BrNO3. The lowest BCUT2D eigenvalue weighted by Crippen LogP contribution is -1.98. The molecular weight excluding hydrogens is 274 g/mol. The number of hydrogen-bond donors (Lipinski definition) is 2. The van der Waals surface area contributed by atoms with E-state index in [1.54, 1.807) is 13.3 Å². The standard InChI is InChI=1S/C11H10BrNO3/c1-16-10-3-7-6(2-11(14)15)5-13-9(7)4-8(10)12/h3-5,13H,2H2,1H3,(H,14,15). The Labute approximate surface area is 100 Å². The molecule has 0 fully saturated rings. The number of aliphatic carboxylic acids is 1. The van der Waals surface area contributed by atoms with Crippen molar-refractivity contribution >= 4 is 32.8 Å². The summed E-state index contributed by atoms with van der Waals surface area (Å²) >= 11 is 3.38. The molecule has 1 heterocycles. The van der Waals surface area contributed by atoms with Crippen molar-refractivity contribution in [3.63, 3.8) is 0 Å². The minimum atomic E-state index is -0.845. The van der Waals surface area contributed by atoms with Crippen molar-refractivity contribution in [2.45, 2.75) is 6.42 Å². The molecule has 84 valence electrons. The Morgan fingerprint density at radius 2 is 2.31 bits per heavy atom. The fraction of sp³-hybridized carbons (Fsp3) is 0.182. The van der Waals surface area contributed by atoms with E-state index in [4.69, 9.17) is 9.84 Å². The highest BCUT2D eigenvalue weighted by Gasteiger charge is 2.10. The average Bonchev–Trinajstić information content (AvgIpc) is 2.59. The summed E-state index contributed by atoms with van der Waals surface area (Å²) in [4.78, 5) is 13.7. The van der Waals surface area contributed by atoms with Crippen molar-refractivity contribution in [1.82, 2.24) is 4.98 Å². The van der Waals surface area contributed by atoms with Gasteiger partial charge in [-0.15, -0.1) is 0 Å². The molecule has 0 saturated carbocycles. The first-order valence-corrected chi connectivity index (χ1v) is 5.46. The number of rotatable bonds is 3. The van der Waals surface area contributed by atoms with Crippen LogP contribution in [0.2, 0.25) is 0 Å². The maximum absolute atomic E-state index is 10.7. The van der Waals surface area contributed by atoms with Crippen LogP contribution in [-0.4, -0.2) is 23.2 Å². The third kappa shape index (κ3) is 1.90. The van der Waals surface area contributed by atoms with Crippen LogP contribution >= 0.6 is 15.9 Å². The van der Waals surface area contributed by atoms with Crippen molar-refractivity contribution in [2.75, 3.05) is 7.11 Å². The first-order valence-electron chi connectivity index (χ1n) is 4.67. The molecule has 0 unspecified atom stereocenters. The van der Waals surface area contributed by atoms with Crippen molar-refractivity contribution < 1.29 is 14.6 Å². The first-order chi connectivity index (χ1) is 7.61. The minimum absolute atomic E-state index is 0.00475. The fourth-order valence-electron chi connectivity index (χ4n) is 1.65. The van der Waals surface area contributed by atoms with Crippen LogP contribution in [0.4, 0.5) is 0 Å². The number of carbonyl (C=O) groups is 1. The van der Waals surface area contributed by atoms with Gasteiger partial charge in [-0.05, 0) is 33.6 Å². The fourth-order valence-corrected chi connectivity index (χ4v) is 2.15. The smallest absolute Gasteiger partial charge is 0.307 e. The molecule has 0 saturated heterocycles. The summed E-state index contributed by atoms with van der Waals surface area (Å²) in [5.41, 5.74) is 1.65. The molecule has 5 heteroatoms. The Morgan fingerprint density at radius 1 is 1.56 bits per heavy atom. The van der Waals surface area contributed by atoms with Gasteiger partial charge in [-0.25, -0.2) is 0 Å². The van der Waals surface area contributed by atoms with Gasteiger partial charge in [0.1, 0.15) is 5.75 Å².